The van der Waals surface area contributed by atoms with Gasteiger partial charge in [0, 0.05) is 59.6 Å². The van der Waals surface area contributed by atoms with Crippen LogP contribution in [0.1, 0.15) is 59.3 Å². The number of benzene rings is 1. The normalized spacial score (nSPS) is 55.7. The molecule has 5 nitrogen and oxygen atoms in total. The molecule has 27 heavy (non-hydrogen) atoms. The summed E-state index contributed by atoms with van der Waals surface area (Å²) in [6.45, 7) is -17.2. The third kappa shape index (κ3) is 5.66. The highest BCUT2D eigenvalue weighted by Crippen LogP contribution is 2.33. The summed E-state index contributed by atoms with van der Waals surface area (Å²) in [5.74, 6) is -4.39. The number of piperazine rings is 1. The summed E-state index contributed by atoms with van der Waals surface area (Å²) in [4.78, 5) is 11.7. The molecule has 150 valence electrons. The molecule has 0 bridgehead atoms. The molecule has 7 heteroatoms. The summed E-state index contributed by atoms with van der Waals surface area (Å²) < 4.78 is 172. The van der Waals surface area contributed by atoms with Crippen molar-refractivity contribution in [1.82, 2.24) is 15.5 Å². The number of halogens is 2. The maximum absolute atomic E-state index is 12.1. The molecule has 2 fully saturated rings. The number of carbonyl (C=O) groups excluding carboxylic acids is 1. The second kappa shape index (κ2) is 9.85. The first-order chi connectivity index (χ1) is 20.6. The number of nitrogens with zero attached hydrogens (tertiary/aromatic N) is 2. The molecular weight excluding hydrogens is 383 g/mol. The van der Waals surface area contributed by atoms with Crippen molar-refractivity contribution >= 4 is 34.9 Å². The fraction of sp³-hybridized carbons (Fsp3) is 0.650. The van der Waals surface area contributed by atoms with Crippen LogP contribution >= 0.6 is 23.2 Å². The molecule has 2 N–H and O–H groups in total. The Hall–Kier alpha value is -1.17. The number of nitrogens with one attached hydrogen (secondary N) is 2. The smallest absolute Gasteiger partial charge is 0.314 e. The molecule has 0 radical (unpaired) electrons. The zero-order valence-corrected chi connectivity index (χ0v) is 15.5. The first kappa shape index (κ1) is 6.96. The van der Waals surface area contributed by atoms with E-state index in [2.05, 4.69) is 0 Å². The van der Waals surface area contributed by atoms with E-state index in [0.29, 0.717) is 0 Å². The van der Waals surface area contributed by atoms with E-state index in [1.54, 1.807) is 0 Å². The quantitative estimate of drug-likeness (QED) is 0.738. The molecule has 1 aliphatic heterocycles. The lowest BCUT2D eigenvalue weighted by atomic mass is 9.84. The van der Waals surface area contributed by atoms with Crippen LogP contribution in [-0.2, 0) is 0 Å². The predicted octanol–water partition coefficient (Wildman–Crippen LogP) is 3.99. The SMILES string of the molecule is [2H]C([2H])(CN1C([2H])([2H])C([2H])([2H])N(c2cccc(Cl)c2Cl)C([2H])([2H])C1([2H])[2H])C1([2H])C([2H])([2H])C([2H])([2H])C([2H])(NC(=O)NC)C([2H])([2H])C1([2H])[2H]. The van der Waals surface area contributed by atoms with Gasteiger partial charge in [0.15, 0.2) is 0 Å². The topological polar surface area (TPSA) is 47.6 Å². The van der Waals surface area contributed by atoms with Gasteiger partial charge in [0.05, 0.1) is 22.6 Å². The summed E-state index contributed by atoms with van der Waals surface area (Å²) in [7, 11) is 0.961. The van der Waals surface area contributed by atoms with Crippen molar-refractivity contribution in [3.8, 4) is 0 Å². The van der Waals surface area contributed by atoms with Gasteiger partial charge in [-0.3, -0.25) is 4.90 Å². The summed E-state index contributed by atoms with van der Waals surface area (Å²) in [5, 5.41) is 2.62. The Morgan fingerprint density at radius 2 is 1.96 bits per heavy atom. The number of anilines is 1. The maximum atomic E-state index is 12.1. The highest BCUT2D eigenvalue weighted by Gasteiger charge is 2.24. The molecule has 1 saturated heterocycles. The van der Waals surface area contributed by atoms with E-state index < -0.39 is 97.9 Å². The van der Waals surface area contributed by atoms with Crippen molar-refractivity contribution in [2.24, 2.45) is 5.89 Å². The third-order valence-corrected chi connectivity index (χ3v) is 4.08. The fourth-order valence-electron chi connectivity index (χ4n) is 1.94. The summed E-state index contributed by atoms with van der Waals surface area (Å²) >= 11 is 12.2. The van der Waals surface area contributed by atoms with Crippen LogP contribution in [0.4, 0.5) is 10.5 Å². The number of rotatable bonds is 5. The lowest BCUT2D eigenvalue weighted by Crippen LogP contribution is -2.47. The summed E-state index contributed by atoms with van der Waals surface area (Å²) in [6.07, 6.45) is -21.1. The van der Waals surface area contributed by atoms with Crippen molar-refractivity contribution in [2.45, 2.75) is 37.9 Å². The van der Waals surface area contributed by atoms with Crippen molar-refractivity contribution in [2.75, 3.05) is 44.5 Å². The van der Waals surface area contributed by atoms with Gasteiger partial charge in [0.1, 0.15) is 0 Å². The van der Waals surface area contributed by atoms with Gasteiger partial charge in [0.25, 0.3) is 0 Å². The monoisotopic (exact) mass is 432 g/mol. The molecule has 0 aromatic heterocycles. The van der Waals surface area contributed by atoms with Crippen LogP contribution in [0.3, 0.4) is 0 Å². The lowest BCUT2D eigenvalue weighted by molar-refractivity contribution is 0.206. The second-order valence-corrected chi connectivity index (χ2v) is 5.86. The van der Waals surface area contributed by atoms with Crippen LogP contribution in [0.25, 0.3) is 0 Å². The van der Waals surface area contributed by atoms with Crippen molar-refractivity contribution in [3.05, 3.63) is 28.2 Å². The van der Waals surface area contributed by atoms with Crippen molar-refractivity contribution in [3.63, 3.8) is 0 Å². The van der Waals surface area contributed by atoms with Gasteiger partial charge in [-0.2, -0.15) is 0 Å². The van der Waals surface area contributed by atoms with Gasteiger partial charge >= 0.3 is 6.03 Å². The Balaban J connectivity index is 2.31. The number of carbonyl (C=O) groups is 1. The molecular formula is C20H30Cl2N4O. The third-order valence-electron chi connectivity index (χ3n) is 3.27. The number of amides is 2. The van der Waals surface area contributed by atoms with Gasteiger partial charge < -0.3 is 15.5 Å². The largest absolute Gasteiger partial charge is 0.368 e. The summed E-state index contributed by atoms with van der Waals surface area (Å²) in [6, 6.07) is -1.97. The number of hydrogen-bond acceptors (Lipinski definition) is 3. The maximum Gasteiger partial charge on any atom is 0.314 e. The first-order valence-electron chi connectivity index (χ1n) is 17.6. The van der Waals surface area contributed by atoms with E-state index in [-0.39, 0.29) is 9.92 Å². The fourth-order valence-corrected chi connectivity index (χ4v) is 2.32. The standard InChI is InChI=1S/C20H30Cl2N4O/c1-23-20(27)24-16-7-5-15(6-8-16)9-10-25-11-13-26(14-12-25)18-4-2-3-17(21)19(18)22/h2-4,15-16H,5-14H2,1H3,(H2,23,24,27)/i5D2,6D2,7D2,8D2,9D2,11D2,12D2,13D2,14D2,15D,16D. The van der Waals surface area contributed by atoms with E-state index in [4.69, 9.17) is 50.6 Å². The van der Waals surface area contributed by atoms with Gasteiger partial charge in [-0.15, -0.1) is 0 Å². The Kier molecular flexibility index (Phi) is 2.54. The molecule has 0 spiro atoms. The molecule has 1 heterocycles. The van der Waals surface area contributed by atoms with E-state index in [0.717, 1.165) is 13.1 Å². The van der Waals surface area contributed by atoms with E-state index in [1.165, 1.54) is 17.4 Å². The first-order valence-corrected chi connectivity index (χ1v) is 8.37. The van der Waals surface area contributed by atoms with Gasteiger partial charge in [-0.05, 0) is 56.4 Å². The Labute approximate surface area is 200 Å². The van der Waals surface area contributed by atoms with Crippen molar-refractivity contribution < 1.29 is 32.2 Å². The highest BCUT2D eigenvalue weighted by molar-refractivity contribution is 6.43. The van der Waals surface area contributed by atoms with E-state index in [1.807, 2.05) is 5.32 Å². The Bertz CT molecular complexity index is 1380. The van der Waals surface area contributed by atoms with E-state index in [9.17, 15) is 4.79 Å². The van der Waals surface area contributed by atoms with Crippen LogP contribution in [0.2, 0.25) is 10.0 Å². The second-order valence-electron chi connectivity index (χ2n) is 5.07. The zero-order valence-electron chi connectivity index (χ0n) is 34.0. The molecule has 2 aliphatic rings. The number of hydrogen-bond donors (Lipinski definition) is 2. The molecule has 0 atom stereocenters. The Morgan fingerprint density at radius 1 is 1.26 bits per heavy atom. The van der Waals surface area contributed by atoms with Crippen molar-refractivity contribution in [1.29, 1.82) is 0 Å². The zero-order chi connectivity index (χ0) is 37.2. The minimum atomic E-state index is -4.39. The van der Waals surface area contributed by atoms with Crippen LogP contribution in [-0.4, -0.2) is 56.5 Å². The van der Waals surface area contributed by atoms with Crippen LogP contribution in [0.15, 0.2) is 18.2 Å². The van der Waals surface area contributed by atoms with Gasteiger partial charge in [0.2, 0.25) is 0 Å². The molecule has 1 aromatic rings. The van der Waals surface area contributed by atoms with Crippen LogP contribution in [0, 0.1) is 5.89 Å². The minimum absolute atomic E-state index is 0.00788. The summed E-state index contributed by atoms with van der Waals surface area (Å²) in [5.41, 5.74) is -0.627. The molecule has 2 amide bonds. The molecule has 1 saturated carbocycles. The van der Waals surface area contributed by atoms with Gasteiger partial charge in [-0.1, -0.05) is 29.3 Å². The molecule has 1 aromatic carbocycles. The van der Waals surface area contributed by atoms with Gasteiger partial charge in [-0.25, -0.2) is 4.79 Å². The molecule has 0 unspecified atom stereocenters. The average molecular weight is 434 g/mol. The minimum Gasteiger partial charge on any atom is -0.368 e. The lowest BCUT2D eigenvalue weighted by Gasteiger charge is -2.37. The van der Waals surface area contributed by atoms with Crippen LogP contribution < -0.4 is 15.5 Å². The predicted molar refractivity (Wildman–Crippen MR) is 113 cm³/mol. The van der Waals surface area contributed by atoms with Crippen LogP contribution in [0.5, 0.6) is 0 Å². The average Bonchev–Trinajstić information content (AvgIpc) is 2.91. The molecule has 1 aliphatic carbocycles. The molecule has 3 rings (SSSR count). The van der Waals surface area contributed by atoms with E-state index >= 15 is 0 Å². The highest BCUT2D eigenvalue weighted by atomic mass is 35.5. The Morgan fingerprint density at radius 3 is 2.63 bits per heavy atom. The number of urea groups is 1.